The fourth-order valence-corrected chi connectivity index (χ4v) is 6.47. The zero-order valence-corrected chi connectivity index (χ0v) is 16.9. The Balaban J connectivity index is 3.00. The molecule has 1 aliphatic rings. The summed E-state index contributed by atoms with van der Waals surface area (Å²) in [6.07, 6.45) is 3.77. The maximum atomic E-state index is 11.0. The summed E-state index contributed by atoms with van der Waals surface area (Å²) in [5.41, 5.74) is -0.276. The van der Waals surface area contributed by atoms with Gasteiger partial charge in [-0.05, 0) is 30.6 Å². The Labute approximate surface area is 127 Å². The summed E-state index contributed by atoms with van der Waals surface area (Å²) in [6, 6.07) is 0. The molecular formula is C16H34O2Si2. The minimum atomic E-state index is -1.80. The molecule has 0 aliphatic heterocycles. The molecule has 0 fully saturated rings. The third-order valence-electron chi connectivity index (χ3n) is 5.15. The van der Waals surface area contributed by atoms with Gasteiger partial charge in [-0.2, -0.15) is 0 Å². The Morgan fingerprint density at radius 1 is 1.25 bits per heavy atom. The molecule has 20 heavy (non-hydrogen) atoms. The van der Waals surface area contributed by atoms with E-state index in [1.807, 2.05) is 0 Å². The van der Waals surface area contributed by atoms with Crippen molar-refractivity contribution in [3.05, 3.63) is 11.8 Å². The molecule has 2 atom stereocenters. The highest BCUT2D eigenvalue weighted by atomic mass is 28.4. The van der Waals surface area contributed by atoms with Gasteiger partial charge in [0, 0.05) is 12.0 Å². The van der Waals surface area contributed by atoms with Crippen LogP contribution in [-0.4, -0.2) is 27.1 Å². The van der Waals surface area contributed by atoms with Crippen molar-refractivity contribution in [1.82, 2.24) is 0 Å². The van der Waals surface area contributed by atoms with Crippen LogP contribution in [0.15, 0.2) is 11.8 Å². The normalized spacial score (nSPS) is 28.5. The fourth-order valence-electron chi connectivity index (χ4n) is 2.76. The van der Waals surface area contributed by atoms with Crippen LogP contribution in [0.25, 0.3) is 0 Å². The molecule has 0 heterocycles. The molecule has 0 bridgehead atoms. The average Bonchev–Trinajstić information content (AvgIpc) is 2.53. The molecule has 118 valence electrons. The van der Waals surface area contributed by atoms with Crippen molar-refractivity contribution in [2.45, 2.75) is 89.5 Å². The van der Waals surface area contributed by atoms with E-state index in [2.05, 4.69) is 66.5 Å². The van der Waals surface area contributed by atoms with Crippen LogP contribution in [0.3, 0.4) is 0 Å². The molecule has 0 aromatic rings. The zero-order chi connectivity index (χ0) is 16.0. The monoisotopic (exact) mass is 314 g/mol. The summed E-state index contributed by atoms with van der Waals surface area (Å²) in [6.45, 7) is 20.4. The van der Waals surface area contributed by atoms with Gasteiger partial charge in [0.15, 0.2) is 0 Å². The molecule has 1 rings (SSSR count). The van der Waals surface area contributed by atoms with E-state index < -0.39 is 22.0 Å². The van der Waals surface area contributed by atoms with Gasteiger partial charge in [0.1, 0.15) is 0 Å². The van der Waals surface area contributed by atoms with Gasteiger partial charge in [-0.3, -0.25) is 0 Å². The lowest BCUT2D eigenvalue weighted by Crippen LogP contribution is -2.43. The molecule has 0 radical (unpaired) electrons. The van der Waals surface area contributed by atoms with E-state index in [-0.39, 0.29) is 5.04 Å². The number of rotatable bonds is 4. The van der Waals surface area contributed by atoms with Gasteiger partial charge in [-0.15, -0.1) is 0 Å². The van der Waals surface area contributed by atoms with Gasteiger partial charge in [0.2, 0.25) is 8.32 Å². The van der Waals surface area contributed by atoms with Crippen molar-refractivity contribution in [3.63, 3.8) is 0 Å². The van der Waals surface area contributed by atoms with Crippen LogP contribution < -0.4 is 0 Å². The van der Waals surface area contributed by atoms with Crippen molar-refractivity contribution in [3.8, 4) is 0 Å². The van der Waals surface area contributed by atoms with Gasteiger partial charge in [0.05, 0.1) is 19.4 Å². The van der Waals surface area contributed by atoms with Crippen molar-refractivity contribution < 1.29 is 9.53 Å². The predicted octanol–water partition coefficient (Wildman–Crippen LogP) is 5.15. The number of hydrogen-bond donors (Lipinski definition) is 1. The highest BCUT2D eigenvalue weighted by molar-refractivity contribution is 6.78. The van der Waals surface area contributed by atoms with Gasteiger partial charge >= 0.3 is 0 Å². The zero-order valence-electron chi connectivity index (χ0n) is 14.9. The van der Waals surface area contributed by atoms with Crippen LogP contribution in [-0.2, 0) is 4.43 Å². The van der Waals surface area contributed by atoms with Crippen molar-refractivity contribution in [1.29, 1.82) is 0 Å². The Hall–Kier alpha value is -0.0662. The van der Waals surface area contributed by atoms with Crippen LogP contribution in [0, 0.1) is 0 Å². The second-order valence-corrected chi connectivity index (χ2v) is 19.1. The molecule has 2 nitrogen and oxygen atoms in total. The molecule has 0 spiro atoms. The van der Waals surface area contributed by atoms with E-state index in [0.29, 0.717) is 12.0 Å². The molecule has 1 N–H and O–H groups in total. The summed E-state index contributed by atoms with van der Waals surface area (Å²) >= 11 is 0. The van der Waals surface area contributed by atoms with E-state index in [1.165, 1.54) is 0 Å². The maximum absolute atomic E-state index is 11.0. The minimum Gasteiger partial charge on any atom is -0.547 e. The smallest absolute Gasteiger partial charge is 0.250 e. The molecular weight excluding hydrogens is 280 g/mol. The topological polar surface area (TPSA) is 29.5 Å². The van der Waals surface area contributed by atoms with Crippen LogP contribution in [0.2, 0.25) is 43.3 Å². The molecule has 0 unspecified atom stereocenters. The Bertz CT molecular complexity index is 388. The fraction of sp³-hybridized carbons (Fsp3) is 0.875. The molecule has 0 aromatic heterocycles. The van der Waals surface area contributed by atoms with Crippen molar-refractivity contribution >= 4 is 16.4 Å². The van der Waals surface area contributed by atoms with E-state index >= 15 is 0 Å². The van der Waals surface area contributed by atoms with E-state index in [9.17, 15) is 5.11 Å². The number of hydrogen-bond acceptors (Lipinski definition) is 2. The van der Waals surface area contributed by atoms with Crippen LogP contribution in [0.1, 0.15) is 40.5 Å². The lowest BCUT2D eigenvalue weighted by atomic mass is 9.97. The second kappa shape index (κ2) is 5.29. The Morgan fingerprint density at radius 3 is 2.05 bits per heavy atom. The second-order valence-electron chi connectivity index (χ2n) is 8.97. The maximum Gasteiger partial charge on any atom is 0.250 e. The first-order valence-electron chi connectivity index (χ1n) is 7.85. The van der Waals surface area contributed by atoms with Crippen LogP contribution >= 0.6 is 0 Å². The largest absolute Gasteiger partial charge is 0.547 e. The molecule has 0 amide bonds. The lowest BCUT2D eigenvalue weighted by Gasteiger charge is -2.38. The highest BCUT2D eigenvalue weighted by Crippen LogP contribution is 2.49. The summed E-state index contributed by atoms with van der Waals surface area (Å²) in [7, 11) is -3.23. The Kier molecular flexibility index (Phi) is 4.76. The molecule has 0 saturated carbocycles. The lowest BCUT2D eigenvalue weighted by molar-refractivity contribution is 0.0411. The third-order valence-corrected chi connectivity index (χ3v) is 12.1. The molecule has 1 aliphatic carbocycles. The SMILES string of the molecule is CC[C@]1(O)CC(O[Si](C)(C)C(C)(C)C)=C[C@@H]1[Si](C)(C)C. The summed E-state index contributed by atoms with van der Waals surface area (Å²) in [5, 5.41) is 11.2. The standard InChI is InChI=1S/C16H34O2Si2/c1-10-16(17)12-13(11-14(16)19(5,6)7)18-20(8,9)15(2,3)4/h11,14,17H,10,12H2,1-9H3/t14-,16-/m0/s1. The van der Waals surface area contributed by atoms with E-state index in [1.54, 1.807) is 0 Å². The first kappa shape index (κ1) is 18.0. The first-order valence-corrected chi connectivity index (χ1v) is 14.3. The van der Waals surface area contributed by atoms with Crippen LogP contribution in [0.5, 0.6) is 0 Å². The highest BCUT2D eigenvalue weighted by Gasteiger charge is 2.49. The first-order chi connectivity index (χ1) is 8.73. The third kappa shape index (κ3) is 3.57. The minimum absolute atomic E-state index is 0.204. The number of aliphatic hydroxyl groups is 1. The molecule has 4 heteroatoms. The van der Waals surface area contributed by atoms with E-state index in [4.69, 9.17) is 4.43 Å². The Morgan fingerprint density at radius 2 is 1.75 bits per heavy atom. The quantitative estimate of drug-likeness (QED) is 0.728. The van der Waals surface area contributed by atoms with E-state index in [0.717, 1.165) is 12.2 Å². The van der Waals surface area contributed by atoms with Gasteiger partial charge < -0.3 is 9.53 Å². The summed E-state index contributed by atoms with van der Waals surface area (Å²) < 4.78 is 6.45. The van der Waals surface area contributed by atoms with Crippen molar-refractivity contribution in [2.75, 3.05) is 0 Å². The molecule has 0 aromatic carbocycles. The van der Waals surface area contributed by atoms with Gasteiger partial charge in [-0.1, -0.05) is 47.3 Å². The predicted molar refractivity (Wildman–Crippen MR) is 93.3 cm³/mol. The van der Waals surface area contributed by atoms with Crippen molar-refractivity contribution in [2.24, 2.45) is 0 Å². The summed E-state index contributed by atoms with van der Waals surface area (Å²) in [4.78, 5) is 0. The molecule has 0 saturated heterocycles. The average molecular weight is 315 g/mol. The van der Waals surface area contributed by atoms with Crippen LogP contribution in [0.4, 0.5) is 0 Å². The van der Waals surface area contributed by atoms with Gasteiger partial charge in [-0.25, -0.2) is 0 Å². The summed E-state index contributed by atoms with van der Waals surface area (Å²) in [5.74, 6) is 1.05. The van der Waals surface area contributed by atoms with Gasteiger partial charge in [0.25, 0.3) is 0 Å².